The number of aryl methyl sites for hydroxylation is 2. The average molecular weight is 271 g/mol. The predicted octanol–water partition coefficient (Wildman–Crippen LogP) is 4.34. The molecule has 3 aromatic rings. The number of benzene rings is 2. The van der Waals surface area contributed by atoms with Gasteiger partial charge >= 0.3 is 0 Å². The molecule has 0 unspecified atom stereocenters. The summed E-state index contributed by atoms with van der Waals surface area (Å²) in [5.41, 5.74) is 6.47. The van der Waals surface area contributed by atoms with E-state index in [2.05, 4.69) is 42.0 Å². The Morgan fingerprint density at radius 3 is 2.37 bits per heavy atom. The van der Waals surface area contributed by atoms with Gasteiger partial charge in [0, 0.05) is 5.56 Å². The number of halogens is 1. The van der Waals surface area contributed by atoms with E-state index in [0.717, 1.165) is 22.3 Å². The van der Waals surface area contributed by atoms with Crippen LogP contribution in [0.1, 0.15) is 11.1 Å². The van der Waals surface area contributed by atoms with Crippen LogP contribution in [-0.2, 0) is 0 Å². The molecule has 0 saturated carbocycles. The summed E-state index contributed by atoms with van der Waals surface area (Å²) in [5.74, 6) is 0. The van der Waals surface area contributed by atoms with Crippen LogP contribution in [-0.4, -0.2) is 9.97 Å². The molecule has 2 aromatic carbocycles. The molecule has 0 bridgehead atoms. The zero-order chi connectivity index (χ0) is 12.5. The first kappa shape index (κ1) is 13.5. The Hall–Kier alpha value is -1.93. The summed E-state index contributed by atoms with van der Waals surface area (Å²) in [7, 11) is 0. The lowest BCUT2D eigenvalue weighted by Gasteiger charge is -2.06. The molecule has 0 atom stereocenters. The molecular weight excluding hydrogens is 256 g/mol. The number of aromatic nitrogens is 2. The van der Waals surface area contributed by atoms with Gasteiger partial charge in [-0.1, -0.05) is 35.9 Å². The fraction of sp³-hybridized carbons (Fsp3) is 0.125. The fourth-order valence-electron chi connectivity index (χ4n) is 2.19. The molecule has 0 fully saturated rings. The Morgan fingerprint density at radius 1 is 0.895 bits per heavy atom. The smallest absolute Gasteiger partial charge is 0.0895 e. The van der Waals surface area contributed by atoms with Gasteiger partial charge in [-0.2, -0.15) is 0 Å². The minimum absolute atomic E-state index is 0. The third-order valence-corrected chi connectivity index (χ3v) is 3.11. The van der Waals surface area contributed by atoms with Gasteiger partial charge in [-0.3, -0.25) is 4.98 Å². The molecule has 0 radical (unpaired) electrons. The number of nitrogens with zero attached hydrogens (tertiary/aromatic N) is 2. The van der Waals surface area contributed by atoms with E-state index in [0.29, 0.717) is 0 Å². The van der Waals surface area contributed by atoms with Crippen molar-refractivity contribution in [2.75, 3.05) is 0 Å². The van der Waals surface area contributed by atoms with Crippen molar-refractivity contribution in [2.24, 2.45) is 0 Å². The molecular formula is C16H15ClN2. The largest absolute Gasteiger partial charge is 0.252 e. The lowest BCUT2D eigenvalue weighted by Crippen LogP contribution is -1.91. The van der Waals surface area contributed by atoms with E-state index in [1.54, 1.807) is 0 Å². The summed E-state index contributed by atoms with van der Waals surface area (Å²) in [6, 6.07) is 14.3. The number of hydrogen-bond donors (Lipinski definition) is 0. The zero-order valence-electron chi connectivity index (χ0n) is 10.9. The second kappa shape index (κ2) is 5.37. The van der Waals surface area contributed by atoms with Gasteiger partial charge in [-0.15, -0.1) is 12.4 Å². The third-order valence-electron chi connectivity index (χ3n) is 3.11. The Kier molecular flexibility index (Phi) is 3.82. The molecule has 1 heterocycles. The van der Waals surface area contributed by atoms with Crippen molar-refractivity contribution in [3.63, 3.8) is 0 Å². The lowest BCUT2D eigenvalue weighted by atomic mass is 10.0. The van der Waals surface area contributed by atoms with E-state index in [4.69, 9.17) is 0 Å². The molecule has 3 rings (SSSR count). The van der Waals surface area contributed by atoms with Gasteiger partial charge in [0.05, 0.1) is 22.9 Å². The highest BCUT2D eigenvalue weighted by atomic mass is 35.5. The Labute approximate surface area is 118 Å². The molecule has 2 nitrogen and oxygen atoms in total. The predicted molar refractivity (Wildman–Crippen MR) is 81.7 cm³/mol. The minimum atomic E-state index is 0. The molecule has 0 aliphatic rings. The van der Waals surface area contributed by atoms with Gasteiger partial charge in [0.25, 0.3) is 0 Å². The topological polar surface area (TPSA) is 25.8 Å². The van der Waals surface area contributed by atoms with Crippen LogP contribution in [0.4, 0.5) is 0 Å². The van der Waals surface area contributed by atoms with E-state index in [1.165, 1.54) is 11.1 Å². The van der Waals surface area contributed by atoms with Crippen LogP contribution >= 0.6 is 12.4 Å². The summed E-state index contributed by atoms with van der Waals surface area (Å²) in [6.07, 6.45) is 1.85. The van der Waals surface area contributed by atoms with Gasteiger partial charge < -0.3 is 0 Å². The quantitative estimate of drug-likeness (QED) is 0.657. The molecule has 96 valence electrons. The second-order valence-electron chi connectivity index (χ2n) is 4.56. The number of fused-ring (bicyclic) bond motifs is 1. The van der Waals surface area contributed by atoms with Crippen LogP contribution in [0.2, 0.25) is 0 Å². The van der Waals surface area contributed by atoms with Crippen LogP contribution in [0.25, 0.3) is 22.3 Å². The number of para-hydroxylation sites is 2. The van der Waals surface area contributed by atoms with Crippen LogP contribution < -0.4 is 0 Å². The molecule has 0 saturated heterocycles. The maximum atomic E-state index is 4.67. The molecule has 0 spiro atoms. The molecule has 0 aliphatic heterocycles. The van der Waals surface area contributed by atoms with Gasteiger partial charge in [-0.25, -0.2) is 4.98 Å². The monoisotopic (exact) mass is 270 g/mol. The van der Waals surface area contributed by atoms with Crippen molar-refractivity contribution in [3.8, 4) is 11.3 Å². The van der Waals surface area contributed by atoms with Crippen molar-refractivity contribution in [1.29, 1.82) is 0 Å². The summed E-state index contributed by atoms with van der Waals surface area (Å²) < 4.78 is 0. The van der Waals surface area contributed by atoms with Crippen LogP contribution in [0.15, 0.2) is 48.7 Å². The van der Waals surface area contributed by atoms with Crippen LogP contribution in [0.3, 0.4) is 0 Å². The van der Waals surface area contributed by atoms with Crippen molar-refractivity contribution in [2.45, 2.75) is 13.8 Å². The van der Waals surface area contributed by atoms with E-state index in [1.807, 2.05) is 30.5 Å². The molecule has 19 heavy (non-hydrogen) atoms. The molecule has 0 N–H and O–H groups in total. The van der Waals surface area contributed by atoms with E-state index >= 15 is 0 Å². The normalized spacial score (nSPS) is 10.2. The Bertz CT molecular complexity index is 723. The average Bonchev–Trinajstić information content (AvgIpc) is 2.38. The Balaban J connectivity index is 0.00000133. The van der Waals surface area contributed by atoms with Gasteiger partial charge in [0.15, 0.2) is 0 Å². The van der Waals surface area contributed by atoms with Crippen LogP contribution in [0.5, 0.6) is 0 Å². The number of rotatable bonds is 1. The van der Waals surface area contributed by atoms with Gasteiger partial charge in [-0.05, 0) is 31.5 Å². The fourth-order valence-corrected chi connectivity index (χ4v) is 2.19. The maximum absolute atomic E-state index is 4.67. The zero-order valence-corrected chi connectivity index (χ0v) is 11.7. The van der Waals surface area contributed by atoms with Crippen molar-refractivity contribution >= 4 is 23.4 Å². The summed E-state index contributed by atoms with van der Waals surface area (Å²) in [5, 5.41) is 0. The molecule has 0 aliphatic carbocycles. The van der Waals surface area contributed by atoms with Crippen LogP contribution in [0, 0.1) is 13.8 Å². The summed E-state index contributed by atoms with van der Waals surface area (Å²) in [4.78, 5) is 9.13. The highest BCUT2D eigenvalue weighted by Gasteiger charge is 2.05. The highest BCUT2D eigenvalue weighted by Crippen LogP contribution is 2.23. The van der Waals surface area contributed by atoms with Crippen molar-refractivity contribution in [1.82, 2.24) is 9.97 Å². The van der Waals surface area contributed by atoms with Crippen molar-refractivity contribution in [3.05, 3.63) is 59.8 Å². The Morgan fingerprint density at radius 2 is 1.63 bits per heavy atom. The second-order valence-corrected chi connectivity index (χ2v) is 4.56. The van der Waals surface area contributed by atoms with Crippen molar-refractivity contribution < 1.29 is 0 Å². The number of hydrogen-bond acceptors (Lipinski definition) is 2. The molecule has 0 amide bonds. The first-order chi connectivity index (χ1) is 8.74. The van der Waals surface area contributed by atoms with E-state index < -0.39 is 0 Å². The molecule has 3 heteroatoms. The lowest BCUT2D eigenvalue weighted by molar-refractivity contribution is 1.27. The van der Waals surface area contributed by atoms with E-state index in [9.17, 15) is 0 Å². The summed E-state index contributed by atoms with van der Waals surface area (Å²) in [6.45, 7) is 4.21. The minimum Gasteiger partial charge on any atom is -0.252 e. The maximum Gasteiger partial charge on any atom is 0.0895 e. The van der Waals surface area contributed by atoms with E-state index in [-0.39, 0.29) is 12.4 Å². The standard InChI is InChI=1S/C16H14N2.ClH/c1-11-7-8-13(12(2)9-11)16-10-17-14-5-3-4-6-15(14)18-16;/h3-10H,1-2H3;1H. The SMILES string of the molecule is Cc1ccc(-c2cnc3ccccc3n2)c(C)c1.Cl. The van der Waals surface area contributed by atoms with Gasteiger partial charge in [0.1, 0.15) is 0 Å². The first-order valence-electron chi connectivity index (χ1n) is 6.03. The summed E-state index contributed by atoms with van der Waals surface area (Å²) >= 11 is 0. The molecule has 1 aromatic heterocycles. The third kappa shape index (κ3) is 2.59. The first-order valence-corrected chi connectivity index (χ1v) is 6.03. The van der Waals surface area contributed by atoms with Gasteiger partial charge in [0.2, 0.25) is 0 Å². The highest BCUT2D eigenvalue weighted by molar-refractivity contribution is 5.85.